The van der Waals surface area contributed by atoms with E-state index in [4.69, 9.17) is 7.74 Å². The van der Waals surface area contributed by atoms with Gasteiger partial charge in [-0.1, -0.05) is 46.9 Å². The molecule has 0 aromatic rings. The van der Waals surface area contributed by atoms with Gasteiger partial charge in [0.15, 0.2) is 0 Å². The highest BCUT2D eigenvalue weighted by molar-refractivity contribution is 6.90. The first-order chi connectivity index (χ1) is 4.88. The van der Waals surface area contributed by atoms with Crippen LogP contribution >= 0.6 is 0 Å². The molecular formula is C9H19B2. The summed E-state index contributed by atoms with van der Waals surface area (Å²) in [6, 6.07) is 0. The van der Waals surface area contributed by atoms with Crippen molar-refractivity contribution >= 4 is 14.9 Å². The second kappa shape index (κ2) is 4.23. The van der Waals surface area contributed by atoms with Gasteiger partial charge < -0.3 is 0 Å². The van der Waals surface area contributed by atoms with Crippen molar-refractivity contribution in [3.8, 4) is 0 Å². The third-order valence-electron chi connectivity index (χ3n) is 2.07. The summed E-state index contributed by atoms with van der Waals surface area (Å²) < 4.78 is 0. The van der Waals surface area contributed by atoms with Gasteiger partial charge in [0.05, 0.1) is 7.17 Å². The molecule has 0 bridgehead atoms. The molecule has 1 unspecified atom stereocenters. The SMILES string of the molecule is [B][B]C(CC(C)C)C(C)(C)C. The summed E-state index contributed by atoms with van der Waals surface area (Å²) in [5.41, 5.74) is 0.318. The number of hydrogen-bond acceptors (Lipinski definition) is 0. The van der Waals surface area contributed by atoms with Gasteiger partial charge >= 0.3 is 0 Å². The van der Waals surface area contributed by atoms with Crippen LogP contribution in [0.25, 0.3) is 0 Å². The van der Waals surface area contributed by atoms with Crippen LogP contribution in [-0.2, 0) is 0 Å². The summed E-state index contributed by atoms with van der Waals surface area (Å²) in [6.45, 7) is 11.2. The van der Waals surface area contributed by atoms with Crippen molar-refractivity contribution < 1.29 is 0 Å². The van der Waals surface area contributed by atoms with Gasteiger partial charge in [-0.05, 0) is 11.3 Å². The van der Waals surface area contributed by atoms with E-state index in [1.165, 1.54) is 6.42 Å². The van der Waals surface area contributed by atoms with Crippen LogP contribution in [0.2, 0.25) is 5.82 Å². The summed E-state index contributed by atoms with van der Waals surface area (Å²) in [4.78, 5) is 0. The normalized spacial score (nSPS) is 15.1. The molecule has 0 aromatic carbocycles. The molecule has 0 aromatic heterocycles. The van der Waals surface area contributed by atoms with Crippen molar-refractivity contribution in [2.24, 2.45) is 11.3 Å². The van der Waals surface area contributed by atoms with Crippen LogP contribution in [0, 0.1) is 11.3 Å². The van der Waals surface area contributed by atoms with Crippen molar-refractivity contribution in [2.75, 3.05) is 0 Å². The van der Waals surface area contributed by atoms with E-state index in [1.807, 2.05) is 7.17 Å². The van der Waals surface area contributed by atoms with Crippen LogP contribution < -0.4 is 0 Å². The van der Waals surface area contributed by atoms with Gasteiger partial charge in [0.1, 0.15) is 0 Å². The van der Waals surface area contributed by atoms with E-state index < -0.39 is 0 Å². The Morgan fingerprint density at radius 2 is 1.73 bits per heavy atom. The highest BCUT2D eigenvalue weighted by atomic mass is 14.2. The highest BCUT2D eigenvalue weighted by Crippen LogP contribution is 2.34. The molecule has 0 aliphatic rings. The lowest BCUT2D eigenvalue weighted by Gasteiger charge is -2.31. The zero-order valence-electron chi connectivity index (χ0n) is 8.52. The zero-order valence-corrected chi connectivity index (χ0v) is 8.52. The molecule has 1 atom stereocenters. The first-order valence-corrected chi connectivity index (χ1v) is 4.43. The summed E-state index contributed by atoms with van der Waals surface area (Å²) in [5, 5.41) is 0. The lowest BCUT2D eigenvalue weighted by molar-refractivity contribution is 0.338. The van der Waals surface area contributed by atoms with Gasteiger partial charge in [0.25, 0.3) is 0 Å². The Hall–Kier alpha value is 0.130. The molecule has 0 saturated heterocycles. The third kappa shape index (κ3) is 4.55. The van der Waals surface area contributed by atoms with Gasteiger partial charge in [-0.2, -0.15) is 0 Å². The molecule has 0 heterocycles. The zero-order chi connectivity index (χ0) is 9.07. The molecule has 0 aliphatic heterocycles. The maximum atomic E-state index is 5.58. The minimum Gasteiger partial charge on any atom is -0.0732 e. The van der Waals surface area contributed by atoms with E-state index in [0.717, 1.165) is 5.92 Å². The fourth-order valence-electron chi connectivity index (χ4n) is 1.23. The lowest BCUT2D eigenvalue weighted by Crippen LogP contribution is -2.22. The largest absolute Gasteiger partial charge is 0.0732 e. The summed E-state index contributed by atoms with van der Waals surface area (Å²) in [5.74, 6) is 1.28. The standard InChI is InChI=1S/C9H19B2/c1-7(2)6-8(11-10)9(3,4)5/h7-8H,6H2,1-5H3. The van der Waals surface area contributed by atoms with Crippen LogP contribution in [-0.4, -0.2) is 14.9 Å². The van der Waals surface area contributed by atoms with Gasteiger partial charge in [-0.25, -0.2) is 0 Å². The van der Waals surface area contributed by atoms with Crippen molar-refractivity contribution in [1.82, 2.24) is 0 Å². The van der Waals surface area contributed by atoms with Gasteiger partial charge in [-0.15, -0.1) is 0 Å². The highest BCUT2D eigenvalue weighted by Gasteiger charge is 2.22. The molecule has 0 N–H and O–H groups in total. The van der Waals surface area contributed by atoms with Crippen LogP contribution in [0.15, 0.2) is 0 Å². The molecule has 0 nitrogen and oxygen atoms in total. The van der Waals surface area contributed by atoms with Crippen LogP contribution in [0.4, 0.5) is 0 Å². The number of hydrogen-bond donors (Lipinski definition) is 0. The van der Waals surface area contributed by atoms with Crippen molar-refractivity contribution in [2.45, 2.75) is 46.9 Å². The Labute approximate surface area is 73.8 Å². The average molecular weight is 149 g/mol. The van der Waals surface area contributed by atoms with E-state index in [2.05, 4.69) is 34.6 Å². The molecule has 0 spiro atoms. The third-order valence-corrected chi connectivity index (χ3v) is 2.07. The number of rotatable bonds is 3. The Kier molecular flexibility index (Phi) is 4.28. The average Bonchev–Trinajstić information content (AvgIpc) is 1.79. The maximum Gasteiger partial charge on any atom is 0.0594 e. The summed E-state index contributed by atoms with van der Waals surface area (Å²) in [7, 11) is 7.43. The molecule has 0 amide bonds. The molecule has 3 radical (unpaired) electrons. The summed E-state index contributed by atoms with van der Waals surface area (Å²) in [6.07, 6.45) is 1.19. The first-order valence-electron chi connectivity index (χ1n) is 4.43. The second-order valence-electron chi connectivity index (χ2n) is 4.79. The molecule has 0 aliphatic carbocycles. The van der Waals surface area contributed by atoms with E-state index in [-0.39, 0.29) is 0 Å². The van der Waals surface area contributed by atoms with E-state index >= 15 is 0 Å². The lowest BCUT2D eigenvalue weighted by atomic mass is 9.41. The quantitative estimate of drug-likeness (QED) is 0.541. The van der Waals surface area contributed by atoms with E-state index in [1.54, 1.807) is 0 Å². The van der Waals surface area contributed by atoms with Crippen LogP contribution in [0.3, 0.4) is 0 Å². The minimum absolute atomic E-state index is 0.318. The Morgan fingerprint density at radius 3 is 1.82 bits per heavy atom. The van der Waals surface area contributed by atoms with E-state index in [9.17, 15) is 0 Å². The van der Waals surface area contributed by atoms with Crippen LogP contribution in [0.5, 0.6) is 0 Å². The second-order valence-corrected chi connectivity index (χ2v) is 4.79. The Bertz CT molecular complexity index is 103. The smallest absolute Gasteiger partial charge is 0.0594 e. The minimum atomic E-state index is 0.318. The predicted molar refractivity (Wildman–Crippen MR) is 54.2 cm³/mol. The molecule has 11 heavy (non-hydrogen) atoms. The van der Waals surface area contributed by atoms with Crippen molar-refractivity contribution in [3.05, 3.63) is 0 Å². The van der Waals surface area contributed by atoms with Gasteiger partial charge in [0, 0.05) is 7.74 Å². The Morgan fingerprint density at radius 1 is 1.27 bits per heavy atom. The molecule has 0 fully saturated rings. The fraction of sp³-hybridized carbons (Fsp3) is 1.00. The Balaban J connectivity index is 3.96. The molecule has 0 rings (SSSR count). The molecule has 2 heteroatoms. The molecular weight excluding hydrogens is 130 g/mol. The topological polar surface area (TPSA) is 0 Å². The molecule has 0 saturated carbocycles. The van der Waals surface area contributed by atoms with Crippen molar-refractivity contribution in [1.29, 1.82) is 0 Å². The van der Waals surface area contributed by atoms with Crippen LogP contribution in [0.1, 0.15) is 41.0 Å². The first kappa shape index (κ1) is 11.1. The van der Waals surface area contributed by atoms with Crippen molar-refractivity contribution in [3.63, 3.8) is 0 Å². The van der Waals surface area contributed by atoms with E-state index in [0.29, 0.717) is 11.2 Å². The maximum absolute atomic E-state index is 5.58. The monoisotopic (exact) mass is 149 g/mol. The van der Waals surface area contributed by atoms with Gasteiger partial charge in [0.2, 0.25) is 0 Å². The molecule has 61 valence electrons. The predicted octanol–water partition coefficient (Wildman–Crippen LogP) is 2.65. The fourth-order valence-corrected chi connectivity index (χ4v) is 1.23. The summed E-state index contributed by atoms with van der Waals surface area (Å²) >= 11 is 0. The van der Waals surface area contributed by atoms with Gasteiger partial charge in [-0.3, -0.25) is 0 Å².